The second kappa shape index (κ2) is 6.11. The molecule has 0 spiro atoms. The van der Waals surface area contributed by atoms with Crippen LogP contribution in [0.2, 0.25) is 0 Å². The van der Waals surface area contributed by atoms with Gasteiger partial charge in [-0.2, -0.15) is 0 Å². The lowest BCUT2D eigenvalue weighted by atomic mass is 9.98. The van der Waals surface area contributed by atoms with E-state index in [4.69, 9.17) is 9.47 Å². The zero-order valence-electron chi connectivity index (χ0n) is 12.7. The first kappa shape index (κ1) is 13.8. The summed E-state index contributed by atoms with van der Waals surface area (Å²) in [5, 5.41) is 3.34. The Hall–Kier alpha value is -1.84. The molecule has 1 saturated heterocycles. The molecule has 1 N–H and O–H groups in total. The Morgan fingerprint density at radius 1 is 1.18 bits per heavy atom. The van der Waals surface area contributed by atoms with Crippen molar-refractivity contribution in [2.24, 2.45) is 0 Å². The molecule has 2 aliphatic heterocycles. The first-order chi connectivity index (χ1) is 10.9. The Morgan fingerprint density at radius 3 is 3.05 bits per heavy atom. The summed E-state index contributed by atoms with van der Waals surface area (Å²) in [6, 6.07) is 15.0. The lowest BCUT2D eigenvalue weighted by molar-refractivity contribution is 0.0545. The third kappa shape index (κ3) is 2.74. The van der Waals surface area contributed by atoms with Crippen LogP contribution in [0.1, 0.15) is 17.5 Å². The van der Waals surface area contributed by atoms with Crippen LogP contribution in [0.5, 0.6) is 5.75 Å². The van der Waals surface area contributed by atoms with E-state index in [-0.39, 0.29) is 0 Å². The van der Waals surface area contributed by atoms with Crippen molar-refractivity contribution in [1.82, 2.24) is 5.32 Å². The van der Waals surface area contributed by atoms with Gasteiger partial charge < -0.3 is 14.8 Å². The maximum atomic E-state index is 6.06. The third-order valence-electron chi connectivity index (χ3n) is 4.51. The number of benzene rings is 2. The molecule has 4 rings (SSSR count). The van der Waals surface area contributed by atoms with E-state index in [0.29, 0.717) is 12.7 Å². The molecule has 0 aliphatic carbocycles. The molecule has 114 valence electrons. The van der Waals surface area contributed by atoms with Crippen molar-refractivity contribution >= 4 is 0 Å². The molecule has 3 nitrogen and oxygen atoms in total. The van der Waals surface area contributed by atoms with Gasteiger partial charge in [0.15, 0.2) is 0 Å². The SMILES string of the molecule is c1ccc(-c2ccc3c(c2)CCO3)c(COC2CCNC2)c1. The molecule has 2 aromatic rings. The maximum absolute atomic E-state index is 6.06. The van der Waals surface area contributed by atoms with E-state index in [9.17, 15) is 0 Å². The van der Waals surface area contributed by atoms with Gasteiger partial charge >= 0.3 is 0 Å². The summed E-state index contributed by atoms with van der Waals surface area (Å²) in [7, 11) is 0. The molecule has 2 aliphatic rings. The summed E-state index contributed by atoms with van der Waals surface area (Å²) in [5.41, 5.74) is 5.10. The summed E-state index contributed by atoms with van der Waals surface area (Å²) < 4.78 is 11.7. The van der Waals surface area contributed by atoms with Crippen molar-refractivity contribution in [3.63, 3.8) is 0 Å². The average molecular weight is 295 g/mol. The average Bonchev–Trinajstić information content (AvgIpc) is 3.24. The number of hydrogen-bond acceptors (Lipinski definition) is 3. The summed E-state index contributed by atoms with van der Waals surface area (Å²) >= 11 is 0. The van der Waals surface area contributed by atoms with Gasteiger partial charge in [0.1, 0.15) is 5.75 Å². The zero-order valence-corrected chi connectivity index (χ0v) is 12.7. The van der Waals surface area contributed by atoms with Crippen LogP contribution < -0.4 is 10.1 Å². The van der Waals surface area contributed by atoms with E-state index < -0.39 is 0 Å². The molecular weight excluding hydrogens is 274 g/mol. The number of rotatable bonds is 4. The second-order valence-electron chi connectivity index (χ2n) is 6.00. The molecule has 1 fully saturated rings. The standard InChI is InChI=1S/C19H21NO2/c1-2-4-18(14-5-6-19-15(11-14)8-10-21-19)16(3-1)13-22-17-7-9-20-12-17/h1-6,11,17,20H,7-10,12-13H2. The minimum Gasteiger partial charge on any atom is -0.493 e. The Balaban J connectivity index is 1.58. The first-order valence-corrected chi connectivity index (χ1v) is 8.06. The third-order valence-corrected chi connectivity index (χ3v) is 4.51. The van der Waals surface area contributed by atoms with E-state index in [1.807, 2.05) is 0 Å². The highest BCUT2D eigenvalue weighted by Crippen LogP contribution is 2.32. The number of hydrogen-bond donors (Lipinski definition) is 1. The van der Waals surface area contributed by atoms with Crippen LogP contribution >= 0.6 is 0 Å². The molecule has 0 saturated carbocycles. The molecule has 3 heteroatoms. The normalized spacial score (nSPS) is 19.9. The van der Waals surface area contributed by atoms with Gasteiger partial charge in [0.25, 0.3) is 0 Å². The summed E-state index contributed by atoms with van der Waals surface area (Å²) in [6.07, 6.45) is 2.47. The van der Waals surface area contributed by atoms with Crippen LogP contribution in [-0.2, 0) is 17.8 Å². The lowest BCUT2D eigenvalue weighted by Gasteiger charge is -2.14. The summed E-state index contributed by atoms with van der Waals surface area (Å²) in [4.78, 5) is 0. The number of ether oxygens (including phenoxy) is 2. The van der Waals surface area contributed by atoms with Crippen LogP contribution in [0.15, 0.2) is 42.5 Å². The molecule has 0 amide bonds. The van der Waals surface area contributed by atoms with Gasteiger partial charge in [0.05, 0.1) is 19.3 Å². The topological polar surface area (TPSA) is 30.5 Å². The molecule has 0 radical (unpaired) electrons. The molecule has 2 heterocycles. The van der Waals surface area contributed by atoms with Crippen molar-refractivity contribution in [1.29, 1.82) is 0 Å². The minimum atomic E-state index is 0.349. The fraction of sp³-hybridized carbons (Fsp3) is 0.368. The van der Waals surface area contributed by atoms with Crippen LogP contribution in [0.4, 0.5) is 0 Å². The molecule has 1 atom stereocenters. The quantitative estimate of drug-likeness (QED) is 0.940. The summed E-state index contributed by atoms with van der Waals surface area (Å²) in [6.45, 7) is 3.52. The van der Waals surface area contributed by atoms with E-state index in [1.165, 1.54) is 22.3 Å². The van der Waals surface area contributed by atoms with Gasteiger partial charge in [-0.25, -0.2) is 0 Å². The fourth-order valence-corrected chi connectivity index (χ4v) is 3.26. The predicted octanol–water partition coefficient (Wildman–Crippen LogP) is 3.17. The number of nitrogens with one attached hydrogen (secondary N) is 1. The Kier molecular flexibility index (Phi) is 3.83. The van der Waals surface area contributed by atoms with E-state index in [1.54, 1.807) is 0 Å². The van der Waals surface area contributed by atoms with E-state index >= 15 is 0 Å². The molecule has 1 unspecified atom stereocenters. The maximum Gasteiger partial charge on any atom is 0.122 e. The van der Waals surface area contributed by atoms with Crippen molar-refractivity contribution in [3.8, 4) is 16.9 Å². The van der Waals surface area contributed by atoms with Crippen LogP contribution in [-0.4, -0.2) is 25.8 Å². The lowest BCUT2D eigenvalue weighted by Crippen LogP contribution is -2.16. The highest BCUT2D eigenvalue weighted by Gasteiger charge is 2.17. The molecular formula is C19H21NO2. The van der Waals surface area contributed by atoms with Crippen molar-refractivity contribution < 1.29 is 9.47 Å². The Bertz CT molecular complexity index is 662. The van der Waals surface area contributed by atoms with Crippen LogP contribution in [0.3, 0.4) is 0 Å². The Labute approximate surface area is 131 Å². The van der Waals surface area contributed by atoms with E-state index in [2.05, 4.69) is 47.8 Å². The van der Waals surface area contributed by atoms with Crippen molar-refractivity contribution in [3.05, 3.63) is 53.6 Å². The smallest absolute Gasteiger partial charge is 0.122 e. The second-order valence-corrected chi connectivity index (χ2v) is 6.00. The van der Waals surface area contributed by atoms with Crippen molar-refractivity contribution in [2.75, 3.05) is 19.7 Å². The van der Waals surface area contributed by atoms with Gasteiger partial charge in [-0.1, -0.05) is 30.3 Å². The van der Waals surface area contributed by atoms with Gasteiger partial charge in [-0.3, -0.25) is 0 Å². The minimum absolute atomic E-state index is 0.349. The molecule has 0 bridgehead atoms. The summed E-state index contributed by atoms with van der Waals surface area (Å²) in [5.74, 6) is 1.04. The van der Waals surface area contributed by atoms with Gasteiger partial charge in [-0.05, 0) is 47.4 Å². The van der Waals surface area contributed by atoms with Gasteiger partial charge in [0, 0.05) is 13.0 Å². The molecule has 0 aromatic heterocycles. The van der Waals surface area contributed by atoms with Gasteiger partial charge in [0.2, 0.25) is 0 Å². The predicted molar refractivity (Wildman–Crippen MR) is 87.1 cm³/mol. The molecule has 2 aromatic carbocycles. The largest absolute Gasteiger partial charge is 0.493 e. The zero-order chi connectivity index (χ0) is 14.8. The van der Waals surface area contributed by atoms with E-state index in [0.717, 1.165) is 38.3 Å². The molecule has 22 heavy (non-hydrogen) atoms. The van der Waals surface area contributed by atoms with Gasteiger partial charge in [-0.15, -0.1) is 0 Å². The van der Waals surface area contributed by atoms with Crippen molar-refractivity contribution in [2.45, 2.75) is 25.6 Å². The fourth-order valence-electron chi connectivity index (χ4n) is 3.26. The highest BCUT2D eigenvalue weighted by atomic mass is 16.5. The highest BCUT2D eigenvalue weighted by molar-refractivity contribution is 5.69. The van der Waals surface area contributed by atoms with Crippen LogP contribution in [0.25, 0.3) is 11.1 Å². The Morgan fingerprint density at radius 2 is 2.14 bits per heavy atom. The monoisotopic (exact) mass is 295 g/mol. The first-order valence-electron chi connectivity index (χ1n) is 8.06. The van der Waals surface area contributed by atoms with Crippen LogP contribution in [0, 0.1) is 0 Å². The number of fused-ring (bicyclic) bond motifs is 1.